The number of ether oxygens (including phenoxy) is 1. The maximum absolute atomic E-state index is 11.8. The van der Waals surface area contributed by atoms with Crippen LogP contribution in [0, 0.1) is 5.41 Å². The zero-order valence-corrected chi connectivity index (χ0v) is 16.9. The Labute approximate surface area is 175 Å². The number of nitrogens with zero attached hydrogens (tertiary/aromatic N) is 3. The van der Waals surface area contributed by atoms with Crippen LogP contribution in [0.2, 0.25) is 0 Å². The molecular weight excluding hydrogens is 416 g/mol. The van der Waals surface area contributed by atoms with E-state index in [1.165, 1.54) is 18.1 Å². The van der Waals surface area contributed by atoms with Crippen molar-refractivity contribution in [1.82, 2.24) is 30.2 Å². The maximum atomic E-state index is 11.8. The molecule has 0 spiro atoms. The number of carboxylic acids is 1. The van der Waals surface area contributed by atoms with Gasteiger partial charge in [-0.3, -0.25) is 10.2 Å². The quantitative estimate of drug-likeness (QED) is 0.139. The van der Waals surface area contributed by atoms with Crippen molar-refractivity contribution in [1.29, 1.82) is 5.41 Å². The SMILES string of the molecule is N=C(N)NCCC[C@H](NC(=O)OCCSCCn1cnc2c(=O)[nH]cnc21)C(=O)O. The summed E-state index contributed by atoms with van der Waals surface area (Å²) in [5, 5.41) is 21.1. The average molecular weight is 440 g/mol. The first-order chi connectivity index (χ1) is 14.4. The van der Waals surface area contributed by atoms with Crippen molar-refractivity contribution in [2.75, 3.05) is 24.7 Å². The molecule has 14 heteroatoms. The predicted molar refractivity (Wildman–Crippen MR) is 111 cm³/mol. The van der Waals surface area contributed by atoms with Crippen molar-refractivity contribution in [3.63, 3.8) is 0 Å². The summed E-state index contributed by atoms with van der Waals surface area (Å²) in [7, 11) is 0. The highest BCUT2D eigenvalue weighted by molar-refractivity contribution is 7.99. The molecule has 164 valence electrons. The number of rotatable bonds is 12. The van der Waals surface area contributed by atoms with Gasteiger partial charge >= 0.3 is 12.1 Å². The lowest BCUT2D eigenvalue weighted by Crippen LogP contribution is -2.42. The summed E-state index contributed by atoms with van der Waals surface area (Å²) in [6, 6.07) is -1.08. The van der Waals surface area contributed by atoms with E-state index in [1.54, 1.807) is 10.9 Å². The molecular formula is C16H24N8O5S. The van der Waals surface area contributed by atoms with Gasteiger partial charge in [0, 0.05) is 24.6 Å². The van der Waals surface area contributed by atoms with E-state index in [0.717, 1.165) is 0 Å². The van der Waals surface area contributed by atoms with E-state index in [2.05, 4.69) is 25.6 Å². The highest BCUT2D eigenvalue weighted by Gasteiger charge is 2.20. The smallest absolute Gasteiger partial charge is 0.407 e. The first-order valence-electron chi connectivity index (χ1n) is 9.08. The lowest BCUT2D eigenvalue weighted by atomic mass is 10.1. The molecule has 0 aliphatic heterocycles. The number of amides is 1. The number of carbonyl (C=O) groups is 2. The zero-order chi connectivity index (χ0) is 21.9. The Morgan fingerprint density at radius 2 is 2.20 bits per heavy atom. The van der Waals surface area contributed by atoms with E-state index < -0.39 is 18.1 Å². The second kappa shape index (κ2) is 11.6. The summed E-state index contributed by atoms with van der Waals surface area (Å²) < 4.78 is 6.78. The first-order valence-corrected chi connectivity index (χ1v) is 10.2. The monoisotopic (exact) mass is 440 g/mol. The van der Waals surface area contributed by atoms with Crippen LogP contribution in [0.1, 0.15) is 12.8 Å². The van der Waals surface area contributed by atoms with Gasteiger partial charge in [-0.15, -0.1) is 0 Å². The van der Waals surface area contributed by atoms with E-state index in [-0.39, 0.29) is 30.1 Å². The number of alkyl carbamates (subject to hydrolysis) is 1. The van der Waals surface area contributed by atoms with Crippen LogP contribution in [0.4, 0.5) is 4.79 Å². The Balaban J connectivity index is 1.62. The number of aromatic amines is 1. The Kier molecular flexibility index (Phi) is 8.93. The van der Waals surface area contributed by atoms with Gasteiger partial charge in [0.05, 0.1) is 12.7 Å². The molecule has 2 rings (SSSR count). The summed E-state index contributed by atoms with van der Waals surface area (Å²) in [5.41, 5.74) is 5.64. The van der Waals surface area contributed by atoms with Crippen LogP contribution in [0.5, 0.6) is 0 Å². The molecule has 30 heavy (non-hydrogen) atoms. The van der Waals surface area contributed by atoms with Crippen LogP contribution in [-0.4, -0.2) is 73.3 Å². The highest BCUT2D eigenvalue weighted by Crippen LogP contribution is 2.07. The predicted octanol–water partition coefficient (Wildman–Crippen LogP) is -0.705. The fourth-order valence-corrected chi connectivity index (χ4v) is 3.22. The van der Waals surface area contributed by atoms with Crippen LogP contribution in [0.25, 0.3) is 11.2 Å². The summed E-state index contributed by atoms with van der Waals surface area (Å²) in [4.78, 5) is 45.2. The fourth-order valence-electron chi connectivity index (χ4n) is 2.48. The summed E-state index contributed by atoms with van der Waals surface area (Å²) in [5.74, 6) is -0.151. The molecule has 0 saturated heterocycles. The zero-order valence-electron chi connectivity index (χ0n) is 16.1. The van der Waals surface area contributed by atoms with Crippen molar-refractivity contribution in [3.05, 3.63) is 23.0 Å². The van der Waals surface area contributed by atoms with Gasteiger partial charge in [-0.2, -0.15) is 11.8 Å². The molecule has 2 heterocycles. The van der Waals surface area contributed by atoms with Crippen LogP contribution in [-0.2, 0) is 16.1 Å². The van der Waals surface area contributed by atoms with Gasteiger partial charge < -0.3 is 35.8 Å². The summed E-state index contributed by atoms with van der Waals surface area (Å²) >= 11 is 1.53. The van der Waals surface area contributed by atoms with Gasteiger partial charge in [0.1, 0.15) is 12.6 Å². The highest BCUT2D eigenvalue weighted by atomic mass is 32.2. The van der Waals surface area contributed by atoms with E-state index in [9.17, 15) is 14.4 Å². The van der Waals surface area contributed by atoms with Gasteiger partial charge in [-0.25, -0.2) is 19.6 Å². The second-order valence-corrected chi connectivity index (χ2v) is 7.33. The van der Waals surface area contributed by atoms with Gasteiger partial charge in [-0.1, -0.05) is 0 Å². The molecule has 1 atom stereocenters. The second-order valence-electron chi connectivity index (χ2n) is 6.11. The third-order valence-electron chi connectivity index (χ3n) is 3.92. The van der Waals surface area contributed by atoms with Gasteiger partial charge in [0.2, 0.25) is 0 Å². The molecule has 0 aliphatic rings. The number of carbonyl (C=O) groups excluding carboxylic acids is 1. The van der Waals surface area contributed by atoms with E-state index in [4.69, 9.17) is 21.0 Å². The lowest BCUT2D eigenvalue weighted by molar-refractivity contribution is -0.139. The molecule has 0 radical (unpaired) electrons. The number of aryl methyl sites for hydroxylation is 1. The largest absolute Gasteiger partial charge is 0.480 e. The van der Waals surface area contributed by atoms with Crippen LogP contribution in [0.15, 0.2) is 17.4 Å². The van der Waals surface area contributed by atoms with E-state index in [0.29, 0.717) is 36.7 Å². The molecule has 0 bridgehead atoms. The molecule has 0 unspecified atom stereocenters. The van der Waals surface area contributed by atoms with E-state index >= 15 is 0 Å². The Hall–Kier alpha value is -3.29. The molecule has 0 aliphatic carbocycles. The minimum atomic E-state index is -1.16. The van der Waals surface area contributed by atoms with Gasteiger partial charge in [0.15, 0.2) is 17.1 Å². The first kappa shape index (κ1) is 23.0. The molecule has 7 N–H and O–H groups in total. The van der Waals surface area contributed by atoms with Crippen molar-refractivity contribution < 1.29 is 19.4 Å². The molecule has 0 fully saturated rings. The standard InChI is InChI=1S/C16H24N8O5S/c17-15(18)19-3-1-2-10(14(26)27)23-16(28)29-5-7-30-6-4-24-9-22-11-12(24)20-8-21-13(11)25/h8-10H,1-7H2,(H,23,28)(H,26,27)(H4,17,18,19)(H,20,21,25)/t10-/m0/s1. The van der Waals surface area contributed by atoms with Gasteiger partial charge in [-0.05, 0) is 12.8 Å². The lowest BCUT2D eigenvalue weighted by Gasteiger charge is -2.14. The normalized spacial score (nSPS) is 11.7. The van der Waals surface area contributed by atoms with Crippen molar-refractivity contribution >= 4 is 40.9 Å². The number of hydrogen-bond acceptors (Lipinski definition) is 8. The summed E-state index contributed by atoms with van der Waals surface area (Å²) in [6.45, 7) is 1.04. The van der Waals surface area contributed by atoms with Crippen molar-refractivity contribution in [2.24, 2.45) is 5.73 Å². The number of H-pyrrole nitrogens is 1. The number of imidazole rings is 1. The summed E-state index contributed by atoms with van der Waals surface area (Å²) in [6.07, 6.45) is 2.67. The number of guanidine groups is 1. The van der Waals surface area contributed by atoms with E-state index in [1.807, 2.05) is 0 Å². The number of hydrogen-bond donors (Lipinski definition) is 6. The molecule has 13 nitrogen and oxygen atoms in total. The fraction of sp³-hybridized carbons (Fsp3) is 0.500. The number of aliphatic carboxylic acids is 1. The number of nitrogens with two attached hydrogens (primary N) is 1. The number of thioether (sulfide) groups is 1. The molecule has 0 aromatic carbocycles. The van der Waals surface area contributed by atoms with Crippen LogP contribution in [0.3, 0.4) is 0 Å². The Bertz CT molecular complexity index is 930. The topological polar surface area (TPSA) is 201 Å². The van der Waals surface area contributed by atoms with Gasteiger partial charge in [0.25, 0.3) is 5.56 Å². The molecule has 0 saturated carbocycles. The molecule has 1 amide bonds. The number of nitrogens with one attached hydrogen (secondary N) is 4. The molecule has 2 aromatic rings. The third kappa shape index (κ3) is 7.27. The number of aromatic nitrogens is 4. The van der Waals surface area contributed by atoms with Crippen molar-refractivity contribution in [2.45, 2.75) is 25.4 Å². The van der Waals surface area contributed by atoms with Crippen LogP contribution < -0.4 is 21.9 Å². The number of fused-ring (bicyclic) bond motifs is 1. The third-order valence-corrected chi connectivity index (χ3v) is 4.85. The Morgan fingerprint density at radius 3 is 2.93 bits per heavy atom. The maximum Gasteiger partial charge on any atom is 0.407 e. The number of carboxylic acid groups (broad SMARTS) is 1. The minimum absolute atomic E-state index is 0.122. The Morgan fingerprint density at radius 1 is 1.40 bits per heavy atom. The van der Waals surface area contributed by atoms with Crippen LogP contribution >= 0.6 is 11.8 Å². The minimum Gasteiger partial charge on any atom is -0.480 e. The van der Waals surface area contributed by atoms with Crippen molar-refractivity contribution in [3.8, 4) is 0 Å². The molecule has 2 aromatic heterocycles. The average Bonchev–Trinajstić information content (AvgIpc) is 3.11.